The van der Waals surface area contributed by atoms with Crippen molar-refractivity contribution >= 4 is 28.7 Å². The monoisotopic (exact) mass is 375 g/mol. The van der Waals surface area contributed by atoms with Crippen LogP contribution < -0.4 is 15.5 Å². The van der Waals surface area contributed by atoms with Crippen LogP contribution in [-0.2, 0) is 11.2 Å². The van der Waals surface area contributed by atoms with E-state index in [0.29, 0.717) is 0 Å². The highest BCUT2D eigenvalue weighted by Gasteiger charge is 2.14. The fourth-order valence-corrected chi connectivity index (χ4v) is 3.26. The Labute approximate surface area is 165 Å². The smallest absolute Gasteiger partial charge is 0.135 e. The Morgan fingerprint density at radius 1 is 0.929 bits per heavy atom. The van der Waals surface area contributed by atoms with Crippen LogP contribution in [0, 0.1) is 0 Å². The SMILES string of the molecule is CCc1ccc(Nc2cc(Nc3ccccc3N3CCOCC3)ncn2)cc1. The Morgan fingerprint density at radius 3 is 2.39 bits per heavy atom. The number of aryl methyl sites for hydroxylation is 1. The molecule has 2 aromatic carbocycles. The van der Waals surface area contributed by atoms with Gasteiger partial charge in [-0.1, -0.05) is 31.2 Å². The fourth-order valence-electron chi connectivity index (χ4n) is 3.26. The number of hydrogen-bond donors (Lipinski definition) is 2. The van der Waals surface area contributed by atoms with Gasteiger partial charge in [-0.15, -0.1) is 0 Å². The third-order valence-electron chi connectivity index (χ3n) is 4.82. The number of aromatic nitrogens is 2. The Balaban J connectivity index is 1.50. The minimum atomic E-state index is 0.753. The normalized spacial score (nSPS) is 14.0. The van der Waals surface area contributed by atoms with E-state index in [1.807, 2.05) is 12.1 Å². The molecule has 0 bridgehead atoms. The predicted molar refractivity (Wildman–Crippen MR) is 114 cm³/mol. The molecule has 0 amide bonds. The van der Waals surface area contributed by atoms with Crippen molar-refractivity contribution in [2.24, 2.45) is 0 Å². The Kier molecular flexibility index (Phi) is 5.68. The molecular weight excluding hydrogens is 350 g/mol. The van der Waals surface area contributed by atoms with E-state index in [-0.39, 0.29) is 0 Å². The summed E-state index contributed by atoms with van der Waals surface area (Å²) in [6, 6.07) is 18.6. The van der Waals surface area contributed by atoms with Gasteiger partial charge in [0, 0.05) is 24.8 Å². The molecule has 1 aliphatic heterocycles. The van der Waals surface area contributed by atoms with Gasteiger partial charge in [-0.25, -0.2) is 9.97 Å². The molecule has 0 unspecified atom stereocenters. The van der Waals surface area contributed by atoms with Gasteiger partial charge < -0.3 is 20.3 Å². The van der Waals surface area contributed by atoms with Crippen molar-refractivity contribution in [3.63, 3.8) is 0 Å². The van der Waals surface area contributed by atoms with Gasteiger partial charge in [-0.2, -0.15) is 0 Å². The van der Waals surface area contributed by atoms with Gasteiger partial charge in [0.1, 0.15) is 18.0 Å². The van der Waals surface area contributed by atoms with Crippen molar-refractivity contribution < 1.29 is 4.74 Å². The molecule has 28 heavy (non-hydrogen) atoms. The van der Waals surface area contributed by atoms with Crippen LogP contribution in [-0.4, -0.2) is 36.3 Å². The van der Waals surface area contributed by atoms with Gasteiger partial charge in [-0.3, -0.25) is 0 Å². The summed E-state index contributed by atoms with van der Waals surface area (Å²) in [5.41, 5.74) is 4.52. The molecule has 1 saturated heterocycles. The van der Waals surface area contributed by atoms with Crippen LogP contribution in [0.5, 0.6) is 0 Å². The lowest BCUT2D eigenvalue weighted by Crippen LogP contribution is -2.36. The van der Waals surface area contributed by atoms with Crippen LogP contribution in [0.2, 0.25) is 0 Å². The first kappa shape index (κ1) is 18.3. The third kappa shape index (κ3) is 4.40. The molecular formula is C22H25N5O. The van der Waals surface area contributed by atoms with Crippen LogP contribution in [0.4, 0.5) is 28.7 Å². The molecule has 144 valence electrons. The summed E-state index contributed by atoms with van der Waals surface area (Å²) in [6.07, 6.45) is 2.60. The third-order valence-corrected chi connectivity index (χ3v) is 4.82. The number of nitrogens with zero attached hydrogens (tertiary/aromatic N) is 3. The summed E-state index contributed by atoms with van der Waals surface area (Å²) in [5, 5.41) is 6.78. The van der Waals surface area contributed by atoms with Crippen LogP contribution in [0.25, 0.3) is 0 Å². The van der Waals surface area contributed by atoms with E-state index in [4.69, 9.17) is 4.74 Å². The Morgan fingerprint density at radius 2 is 1.64 bits per heavy atom. The van der Waals surface area contributed by atoms with E-state index in [0.717, 1.165) is 61.4 Å². The summed E-state index contributed by atoms with van der Waals surface area (Å²) in [4.78, 5) is 11.1. The molecule has 6 nitrogen and oxygen atoms in total. The Bertz CT molecular complexity index is 907. The molecule has 2 N–H and O–H groups in total. The molecule has 0 radical (unpaired) electrons. The number of benzene rings is 2. The lowest BCUT2D eigenvalue weighted by molar-refractivity contribution is 0.123. The van der Waals surface area contributed by atoms with Gasteiger partial charge >= 0.3 is 0 Å². The quantitative estimate of drug-likeness (QED) is 0.667. The largest absolute Gasteiger partial charge is 0.378 e. The van der Waals surface area contributed by atoms with E-state index in [1.165, 1.54) is 5.56 Å². The second kappa shape index (κ2) is 8.71. The molecule has 1 aromatic heterocycles. The summed E-state index contributed by atoms with van der Waals surface area (Å²) < 4.78 is 5.48. The summed E-state index contributed by atoms with van der Waals surface area (Å²) >= 11 is 0. The highest BCUT2D eigenvalue weighted by molar-refractivity contribution is 5.75. The van der Waals surface area contributed by atoms with Gasteiger partial charge in [0.25, 0.3) is 0 Å². The van der Waals surface area contributed by atoms with Crippen molar-refractivity contribution in [2.45, 2.75) is 13.3 Å². The lowest BCUT2D eigenvalue weighted by atomic mass is 10.1. The maximum atomic E-state index is 5.48. The molecule has 6 heteroatoms. The van der Waals surface area contributed by atoms with Gasteiger partial charge in [0.15, 0.2) is 0 Å². The highest BCUT2D eigenvalue weighted by Crippen LogP contribution is 2.29. The zero-order chi connectivity index (χ0) is 19.2. The van der Waals surface area contributed by atoms with Crippen molar-refractivity contribution in [2.75, 3.05) is 41.8 Å². The summed E-state index contributed by atoms with van der Waals surface area (Å²) in [5.74, 6) is 1.51. The topological polar surface area (TPSA) is 62.3 Å². The molecule has 1 fully saturated rings. The first-order valence-corrected chi connectivity index (χ1v) is 9.68. The molecule has 4 rings (SSSR count). The molecule has 3 aromatic rings. The van der Waals surface area contributed by atoms with E-state index in [1.54, 1.807) is 6.33 Å². The van der Waals surface area contributed by atoms with Crippen LogP contribution in [0.15, 0.2) is 60.9 Å². The van der Waals surface area contributed by atoms with Crippen LogP contribution in [0.1, 0.15) is 12.5 Å². The predicted octanol–water partition coefficient (Wildman–Crippen LogP) is 4.36. The molecule has 0 spiro atoms. The second-order valence-corrected chi connectivity index (χ2v) is 6.71. The average molecular weight is 375 g/mol. The van der Waals surface area contributed by atoms with Crippen molar-refractivity contribution in [3.05, 3.63) is 66.5 Å². The summed E-state index contributed by atoms with van der Waals surface area (Å²) in [6.45, 7) is 5.45. The molecule has 0 atom stereocenters. The first-order chi connectivity index (χ1) is 13.8. The average Bonchev–Trinajstić information content (AvgIpc) is 2.76. The standard InChI is InChI=1S/C22H25N5O/c1-2-17-7-9-18(10-8-17)25-21-15-22(24-16-23-21)26-19-5-3-4-6-20(19)27-11-13-28-14-12-27/h3-10,15-16H,2,11-14H2,1H3,(H2,23,24,25,26). The number of anilines is 5. The number of rotatable bonds is 6. The number of nitrogens with one attached hydrogen (secondary N) is 2. The number of ether oxygens (including phenoxy) is 1. The Hall–Kier alpha value is -3.12. The van der Waals surface area contributed by atoms with Gasteiger partial charge in [0.2, 0.25) is 0 Å². The van der Waals surface area contributed by atoms with Gasteiger partial charge in [0.05, 0.1) is 24.6 Å². The minimum Gasteiger partial charge on any atom is -0.378 e. The van der Waals surface area contributed by atoms with Crippen molar-refractivity contribution in [3.8, 4) is 0 Å². The van der Waals surface area contributed by atoms with Crippen LogP contribution >= 0.6 is 0 Å². The highest BCUT2D eigenvalue weighted by atomic mass is 16.5. The lowest BCUT2D eigenvalue weighted by Gasteiger charge is -2.30. The molecule has 1 aliphatic rings. The maximum absolute atomic E-state index is 5.48. The van der Waals surface area contributed by atoms with E-state index in [9.17, 15) is 0 Å². The molecule has 2 heterocycles. The van der Waals surface area contributed by atoms with E-state index < -0.39 is 0 Å². The number of hydrogen-bond acceptors (Lipinski definition) is 6. The van der Waals surface area contributed by atoms with Crippen LogP contribution in [0.3, 0.4) is 0 Å². The van der Waals surface area contributed by atoms with E-state index in [2.05, 4.69) is 74.9 Å². The van der Waals surface area contributed by atoms with E-state index >= 15 is 0 Å². The number of morpholine rings is 1. The number of para-hydroxylation sites is 2. The fraction of sp³-hybridized carbons (Fsp3) is 0.273. The van der Waals surface area contributed by atoms with Crippen molar-refractivity contribution in [1.82, 2.24) is 9.97 Å². The molecule has 0 saturated carbocycles. The second-order valence-electron chi connectivity index (χ2n) is 6.71. The summed E-state index contributed by atoms with van der Waals surface area (Å²) in [7, 11) is 0. The minimum absolute atomic E-state index is 0.753. The maximum Gasteiger partial charge on any atom is 0.135 e. The zero-order valence-corrected chi connectivity index (χ0v) is 16.1. The first-order valence-electron chi connectivity index (χ1n) is 9.68. The molecule has 0 aliphatic carbocycles. The van der Waals surface area contributed by atoms with Gasteiger partial charge in [-0.05, 0) is 36.2 Å². The zero-order valence-electron chi connectivity index (χ0n) is 16.1. The van der Waals surface area contributed by atoms with Crippen molar-refractivity contribution in [1.29, 1.82) is 0 Å².